The molecule has 0 aromatic carbocycles. The van der Waals surface area contributed by atoms with Crippen LogP contribution in [0.25, 0.3) is 0 Å². The number of nitrogens with one attached hydrogen (secondary N) is 1. The Morgan fingerprint density at radius 3 is 1.47 bits per heavy atom. The fraction of sp³-hybridized carbons (Fsp3) is 0.656. The van der Waals surface area contributed by atoms with Crippen LogP contribution in [0.2, 0.25) is 0 Å². The maximum atomic E-state index is 13.4. The molecule has 1 saturated heterocycles. The lowest BCUT2D eigenvalue weighted by Crippen LogP contribution is -2.61. The average molecular weight is 1050 g/mol. The Kier molecular flexibility index (Phi) is 46.8. The lowest BCUT2D eigenvalue weighted by Gasteiger charge is -2.41. The minimum absolute atomic E-state index is 0.0366. The molecule has 1 aliphatic rings. The van der Waals surface area contributed by atoms with Gasteiger partial charge >= 0.3 is 5.97 Å². The van der Waals surface area contributed by atoms with Gasteiger partial charge in [-0.15, -0.1) is 0 Å². The second-order valence-electron chi connectivity index (χ2n) is 19.6. The summed E-state index contributed by atoms with van der Waals surface area (Å²) < 4.78 is 17.5. The van der Waals surface area contributed by atoms with Crippen molar-refractivity contribution in [2.75, 3.05) is 13.2 Å². The third-order valence-electron chi connectivity index (χ3n) is 12.8. The Morgan fingerprint density at radius 1 is 0.533 bits per heavy atom. The lowest BCUT2D eigenvalue weighted by molar-refractivity contribution is -0.305. The third kappa shape index (κ3) is 39.1. The number of unbranched alkanes of at least 4 members (excludes halogenated alkanes) is 15. The first-order valence-corrected chi connectivity index (χ1v) is 29.3. The zero-order valence-corrected chi connectivity index (χ0v) is 46.9. The van der Waals surface area contributed by atoms with Crippen molar-refractivity contribution in [1.29, 1.82) is 0 Å². The summed E-state index contributed by atoms with van der Waals surface area (Å²) in [4.78, 5) is 26.4. The third-order valence-corrected chi connectivity index (χ3v) is 12.8. The van der Waals surface area contributed by atoms with Gasteiger partial charge in [-0.3, -0.25) is 9.59 Å². The normalized spacial score (nSPS) is 20.1. The van der Waals surface area contributed by atoms with Gasteiger partial charge in [-0.05, 0) is 109 Å². The average Bonchev–Trinajstić information content (AvgIpc) is 3.41. The summed E-state index contributed by atoms with van der Waals surface area (Å²) in [6.45, 7) is 5.56. The molecule has 8 unspecified atom stereocenters. The maximum absolute atomic E-state index is 13.4. The summed E-state index contributed by atoms with van der Waals surface area (Å²) in [5, 5.41) is 56.8. The van der Waals surface area contributed by atoms with Gasteiger partial charge in [0.25, 0.3) is 0 Å². The first kappa shape index (κ1) is 69.1. The van der Waals surface area contributed by atoms with E-state index in [1.54, 1.807) is 6.08 Å². The van der Waals surface area contributed by atoms with E-state index < -0.39 is 67.4 Å². The molecule has 1 heterocycles. The molecule has 0 spiro atoms. The topological polar surface area (TPSA) is 175 Å². The van der Waals surface area contributed by atoms with E-state index in [1.165, 1.54) is 57.8 Å². The van der Waals surface area contributed by atoms with Gasteiger partial charge in [-0.2, -0.15) is 0 Å². The molecule has 1 amide bonds. The van der Waals surface area contributed by atoms with E-state index in [0.717, 1.165) is 96.3 Å². The van der Waals surface area contributed by atoms with Crippen molar-refractivity contribution in [2.24, 2.45) is 0 Å². The van der Waals surface area contributed by atoms with Gasteiger partial charge in [0.2, 0.25) is 5.91 Å². The summed E-state index contributed by atoms with van der Waals surface area (Å²) in [7, 11) is 0. The van der Waals surface area contributed by atoms with E-state index in [2.05, 4.69) is 123 Å². The van der Waals surface area contributed by atoms with E-state index in [9.17, 15) is 35.1 Å². The van der Waals surface area contributed by atoms with E-state index in [-0.39, 0.29) is 19.4 Å². The predicted molar refractivity (Wildman–Crippen MR) is 310 cm³/mol. The highest BCUT2D eigenvalue weighted by atomic mass is 16.7. The number of hydrogen-bond acceptors (Lipinski definition) is 10. The molecular formula is C64H105NO10. The number of rotatable bonds is 47. The molecule has 0 aliphatic carbocycles. The fourth-order valence-corrected chi connectivity index (χ4v) is 8.20. The summed E-state index contributed by atoms with van der Waals surface area (Å²) in [5.74, 6) is -1.30. The Morgan fingerprint density at radius 2 is 0.960 bits per heavy atom. The minimum atomic E-state index is -1.65. The summed E-state index contributed by atoms with van der Waals surface area (Å²) >= 11 is 0. The van der Waals surface area contributed by atoms with Gasteiger partial charge in [-0.25, -0.2) is 0 Å². The van der Waals surface area contributed by atoms with Gasteiger partial charge in [0.15, 0.2) is 12.4 Å². The summed E-state index contributed by atoms with van der Waals surface area (Å²) in [6, 6.07) is -1.06. The number of esters is 1. The van der Waals surface area contributed by atoms with Crippen LogP contribution < -0.4 is 5.32 Å². The Hall–Kier alpha value is -3.94. The van der Waals surface area contributed by atoms with Gasteiger partial charge in [0.05, 0.1) is 25.4 Å². The number of hydrogen-bond donors (Lipinski definition) is 6. The van der Waals surface area contributed by atoms with Gasteiger partial charge in [0, 0.05) is 6.42 Å². The highest BCUT2D eigenvalue weighted by Gasteiger charge is 2.47. The zero-order valence-electron chi connectivity index (χ0n) is 46.9. The molecule has 0 saturated carbocycles. The second-order valence-corrected chi connectivity index (χ2v) is 19.6. The van der Waals surface area contributed by atoms with Crippen molar-refractivity contribution in [3.8, 4) is 0 Å². The standard InChI is InChI=1S/C64H105NO10/c1-4-7-10-13-16-19-22-24-26-28-30-31-33-36-39-42-45-48-51-57(68)63(72)65-55(56(67)50-47-44-41-38-35-21-18-15-12-9-6-3)54-73-64-62(61(71)60(70)58(53-66)74-64)75-59(69)52-49-46-43-40-37-34-32-29-27-25-23-20-17-14-11-8-5-2/h7,10,16-17,19-20,24-27,30-32,34,36,39-40,43,47,50,55-58,60-62,64,66-68,70-71H,4-6,8-9,11-15,18,21-23,28-29,33,35,37-38,41-42,44-46,48-49,51-54H2,1-3H3,(H,65,72)/b10-7-,19-16-,20-17-,26-24-,27-25-,31-30-,34-32-,39-36-,43-40-,50-47+. The summed E-state index contributed by atoms with van der Waals surface area (Å²) in [5.41, 5.74) is 0. The Bertz CT molecular complexity index is 1680. The monoisotopic (exact) mass is 1050 g/mol. The van der Waals surface area contributed by atoms with Crippen molar-refractivity contribution in [3.05, 3.63) is 122 Å². The number of aliphatic hydroxyl groups is 5. The van der Waals surface area contributed by atoms with Crippen molar-refractivity contribution < 1.29 is 49.3 Å². The van der Waals surface area contributed by atoms with Crippen LogP contribution in [-0.4, -0.2) is 99.6 Å². The molecule has 426 valence electrons. The van der Waals surface area contributed by atoms with Crippen LogP contribution in [-0.2, 0) is 23.8 Å². The molecule has 0 aromatic rings. The first-order valence-electron chi connectivity index (χ1n) is 29.3. The highest BCUT2D eigenvalue weighted by Crippen LogP contribution is 2.26. The van der Waals surface area contributed by atoms with E-state index in [0.29, 0.717) is 19.3 Å². The number of ether oxygens (including phenoxy) is 3. The van der Waals surface area contributed by atoms with Crippen molar-refractivity contribution in [1.82, 2.24) is 5.32 Å². The fourth-order valence-electron chi connectivity index (χ4n) is 8.20. The van der Waals surface area contributed by atoms with Crippen LogP contribution in [0.5, 0.6) is 0 Å². The van der Waals surface area contributed by atoms with E-state index in [1.807, 2.05) is 18.2 Å². The summed E-state index contributed by atoms with van der Waals surface area (Å²) in [6.07, 6.45) is 59.6. The smallest absolute Gasteiger partial charge is 0.306 e. The number of carbonyl (C=O) groups is 2. The predicted octanol–water partition coefficient (Wildman–Crippen LogP) is 13.5. The Balaban J connectivity index is 2.78. The minimum Gasteiger partial charge on any atom is -0.454 e. The molecule has 6 N–H and O–H groups in total. The van der Waals surface area contributed by atoms with Gasteiger partial charge in [-0.1, -0.05) is 213 Å². The van der Waals surface area contributed by atoms with Crippen LogP contribution in [0.1, 0.15) is 207 Å². The molecule has 8 atom stereocenters. The molecule has 11 heteroatoms. The van der Waals surface area contributed by atoms with Gasteiger partial charge < -0.3 is 45.1 Å². The molecule has 0 aromatic heterocycles. The van der Waals surface area contributed by atoms with Crippen molar-refractivity contribution >= 4 is 11.9 Å². The van der Waals surface area contributed by atoms with Crippen molar-refractivity contribution in [3.63, 3.8) is 0 Å². The Labute approximate surface area is 455 Å². The molecule has 1 rings (SSSR count). The van der Waals surface area contributed by atoms with Crippen molar-refractivity contribution in [2.45, 2.75) is 256 Å². The van der Waals surface area contributed by atoms with Crippen LogP contribution in [0.3, 0.4) is 0 Å². The second kappa shape index (κ2) is 50.9. The quantitative estimate of drug-likeness (QED) is 0.0195. The molecule has 1 aliphatic heterocycles. The number of aliphatic hydroxyl groups excluding tert-OH is 5. The van der Waals surface area contributed by atoms with E-state index >= 15 is 0 Å². The van der Waals surface area contributed by atoms with Crippen LogP contribution in [0, 0.1) is 0 Å². The SMILES string of the molecule is CC/C=C\C/C=C\C/C=C\C/C=C\C/C=C\CCCCC(O)C(=O)NC(COC1OC(CO)C(O)C(O)C1OC(=O)CCC/C=C\C/C=C\C/C=C\C/C=C\CCCCC)C(O)/C=C/CCCCCCCCCCC. The molecule has 11 nitrogen and oxygen atoms in total. The number of allylic oxidation sites excluding steroid dienone is 19. The van der Waals surface area contributed by atoms with E-state index in [4.69, 9.17) is 14.2 Å². The first-order chi connectivity index (χ1) is 36.7. The van der Waals surface area contributed by atoms with Crippen LogP contribution in [0.15, 0.2) is 122 Å². The number of amides is 1. The molecule has 75 heavy (non-hydrogen) atoms. The van der Waals surface area contributed by atoms with Crippen LogP contribution in [0.4, 0.5) is 0 Å². The lowest BCUT2D eigenvalue weighted by atomic mass is 9.99. The largest absolute Gasteiger partial charge is 0.454 e. The zero-order chi connectivity index (χ0) is 54.7. The highest BCUT2D eigenvalue weighted by molar-refractivity contribution is 5.80. The molecule has 0 radical (unpaired) electrons. The molecule has 1 fully saturated rings. The molecular weight excluding hydrogens is 943 g/mol. The maximum Gasteiger partial charge on any atom is 0.306 e. The van der Waals surface area contributed by atoms with Crippen LogP contribution >= 0.6 is 0 Å². The number of carbonyl (C=O) groups excluding carboxylic acids is 2. The van der Waals surface area contributed by atoms with Gasteiger partial charge in [0.1, 0.15) is 24.4 Å². The molecule has 0 bridgehead atoms.